The van der Waals surface area contributed by atoms with Gasteiger partial charge >= 0.3 is 0 Å². The van der Waals surface area contributed by atoms with Crippen LogP contribution in [0.15, 0.2) is 54.6 Å². The number of hydrogen-bond acceptors (Lipinski definition) is 9. The average Bonchev–Trinajstić information content (AvgIpc) is 3.75. The molecular formula is C38H44F2N6O5. The number of nitriles is 1. The van der Waals surface area contributed by atoms with E-state index in [1.165, 1.54) is 33.5 Å². The van der Waals surface area contributed by atoms with Crippen molar-refractivity contribution >= 4 is 22.9 Å². The Morgan fingerprint density at radius 1 is 0.980 bits per heavy atom. The Morgan fingerprint density at radius 2 is 1.73 bits per heavy atom. The van der Waals surface area contributed by atoms with E-state index in [-0.39, 0.29) is 18.6 Å². The number of halogens is 2. The number of nitrogens with one attached hydrogen (secondary N) is 1. The Labute approximate surface area is 296 Å². The van der Waals surface area contributed by atoms with E-state index in [1.807, 2.05) is 30.3 Å². The summed E-state index contributed by atoms with van der Waals surface area (Å²) in [6.07, 6.45) is 3.09. The molecule has 0 spiro atoms. The van der Waals surface area contributed by atoms with E-state index in [4.69, 9.17) is 29.2 Å². The second-order valence-electron chi connectivity index (χ2n) is 13.1. The normalized spacial score (nSPS) is 18.2. The second-order valence-corrected chi connectivity index (χ2v) is 13.1. The minimum atomic E-state index is -0.893. The summed E-state index contributed by atoms with van der Waals surface area (Å²) in [5.74, 6) is -0.0418. The molecule has 2 aliphatic heterocycles. The number of carbonyl (C=O) groups is 1. The summed E-state index contributed by atoms with van der Waals surface area (Å²) in [5, 5.41) is 12.5. The van der Waals surface area contributed by atoms with Crippen LogP contribution in [0.4, 0.5) is 14.7 Å². The molecule has 6 rings (SSSR count). The van der Waals surface area contributed by atoms with Crippen molar-refractivity contribution in [2.75, 3.05) is 72.6 Å². The summed E-state index contributed by atoms with van der Waals surface area (Å²) in [4.78, 5) is 22.9. The van der Waals surface area contributed by atoms with E-state index < -0.39 is 17.0 Å². The molecule has 1 aromatic heterocycles. The van der Waals surface area contributed by atoms with E-state index >= 15 is 0 Å². The summed E-state index contributed by atoms with van der Waals surface area (Å²) >= 11 is 0. The quantitative estimate of drug-likeness (QED) is 0.167. The van der Waals surface area contributed by atoms with Crippen LogP contribution in [0, 0.1) is 23.0 Å². The predicted molar refractivity (Wildman–Crippen MR) is 189 cm³/mol. The van der Waals surface area contributed by atoms with Gasteiger partial charge in [0.05, 0.1) is 45.0 Å². The number of nitrogens with zero attached hydrogens (tertiary/aromatic N) is 5. The van der Waals surface area contributed by atoms with E-state index in [2.05, 4.69) is 14.8 Å². The zero-order valence-electron chi connectivity index (χ0n) is 29.3. The summed E-state index contributed by atoms with van der Waals surface area (Å²) in [5.41, 5.74) is 2.43. The minimum absolute atomic E-state index is 0.0483. The number of likely N-dealkylation sites (tertiary alicyclic amines) is 2. The molecule has 0 radical (unpaired) electrons. The standard InChI is InChI=1S/C38H44F2N6O5/c1-48-33-22-26(23-34(49-2)35(33)50-3)36(47)45-18-13-38(25-45,27-8-9-29(39)30(40)24-27)12-17-44-15-10-28(11-16-44)42-37-43-31-6-4-5-7-32(31)46(37)19-21-51-20-14-41/h4-9,22-24,28H,10-13,15-21,25H2,1-3H3,(H,42,43). The van der Waals surface area contributed by atoms with Gasteiger partial charge in [-0.15, -0.1) is 0 Å². The van der Waals surface area contributed by atoms with Crippen molar-refractivity contribution in [3.05, 3.63) is 77.4 Å². The van der Waals surface area contributed by atoms with Crippen molar-refractivity contribution in [2.45, 2.75) is 43.7 Å². The maximum atomic E-state index is 14.6. The van der Waals surface area contributed by atoms with Crippen molar-refractivity contribution < 1.29 is 32.5 Å². The molecule has 0 aliphatic carbocycles. The van der Waals surface area contributed by atoms with Crippen molar-refractivity contribution in [1.82, 2.24) is 19.4 Å². The lowest BCUT2D eigenvalue weighted by molar-refractivity contribution is 0.0779. The van der Waals surface area contributed by atoms with Crippen molar-refractivity contribution in [1.29, 1.82) is 5.26 Å². The van der Waals surface area contributed by atoms with Crippen LogP contribution in [0.2, 0.25) is 0 Å². The van der Waals surface area contributed by atoms with Crippen molar-refractivity contribution in [3.63, 3.8) is 0 Å². The molecule has 3 aromatic carbocycles. The first-order valence-electron chi connectivity index (χ1n) is 17.2. The van der Waals surface area contributed by atoms with Crippen molar-refractivity contribution in [2.24, 2.45) is 0 Å². The molecule has 0 saturated carbocycles. The van der Waals surface area contributed by atoms with Crippen LogP contribution in [-0.2, 0) is 16.7 Å². The van der Waals surface area contributed by atoms with Gasteiger partial charge in [-0.2, -0.15) is 5.26 Å². The number of methoxy groups -OCH3 is 3. The molecule has 2 saturated heterocycles. The van der Waals surface area contributed by atoms with Gasteiger partial charge in [-0.3, -0.25) is 4.79 Å². The number of benzene rings is 3. The van der Waals surface area contributed by atoms with Gasteiger partial charge in [0, 0.05) is 49.7 Å². The molecule has 2 aliphatic rings. The zero-order chi connectivity index (χ0) is 36.0. The van der Waals surface area contributed by atoms with Gasteiger partial charge in [-0.25, -0.2) is 13.8 Å². The third-order valence-corrected chi connectivity index (χ3v) is 10.2. The van der Waals surface area contributed by atoms with Gasteiger partial charge in [-0.05, 0) is 74.2 Å². The number of ether oxygens (including phenoxy) is 4. The molecule has 2 fully saturated rings. The van der Waals surface area contributed by atoms with Gasteiger partial charge in [0.1, 0.15) is 6.61 Å². The first-order chi connectivity index (χ1) is 24.8. The fraction of sp³-hybridized carbons (Fsp3) is 0.447. The van der Waals surface area contributed by atoms with E-state index in [0.717, 1.165) is 49.5 Å². The molecule has 1 unspecified atom stereocenters. The Kier molecular flexibility index (Phi) is 11.2. The maximum absolute atomic E-state index is 14.6. The SMILES string of the molecule is COc1cc(C(=O)N2CCC(CCN3CCC(Nc4nc5ccccc5n4CCOCC#N)CC3)(c3ccc(F)c(F)c3)C2)cc(OC)c1OC. The van der Waals surface area contributed by atoms with Crippen LogP contribution >= 0.6 is 0 Å². The Balaban J connectivity index is 1.13. The van der Waals surface area contributed by atoms with E-state index in [0.29, 0.717) is 67.5 Å². The third-order valence-electron chi connectivity index (χ3n) is 10.2. The van der Waals surface area contributed by atoms with Gasteiger partial charge in [0.15, 0.2) is 23.1 Å². The highest BCUT2D eigenvalue weighted by molar-refractivity contribution is 5.96. The molecule has 4 aromatic rings. The number of hydrogen-bond donors (Lipinski definition) is 1. The lowest BCUT2D eigenvalue weighted by Gasteiger charge is -2.36. The topological polar surface area (TPSA) is 114 Å². The lowest BCUT2D eigenvalue weighted by Crippen LogP contribution is -2.42. The lowest BCUT2D eigenvalue weighted by atomic mass is 9.76. The number of piperidine rings is 1. The molecule has 11 nitrogen and oxygen atoms in total. The highest BCUT2D eigenvalue weighted by atomic mass is 19.2. The summed E-state index contributed by atoms with van der Waals surface area (Å²) in [6.45, 7) is 4.30. The number of carbonyl (C=O) groups excluding carboxylic acids is 1. The number of para-hydroxylation sites is 2. The molecule has 1 N–H and O–H groups in total. The molecule has 51 heavy (non-hydrogen) atoms. The van der Waals surface area contributed by atoms with Crippen LogP contribution in [-0.4, -0.2) is 98.6 Å². The average molecular weight is 703 g/mol. The van der Waals surface area contributed by atoms with Gasteiger partial charge < -0.3 is 38.6 Å². The number of aromatic nitrogens is 2. The first kappa shape index (κ1) is 35.9. The largest absolute Gasteiger partial charge is 0.493 e. The number of imidazole rings is 1. The fourth-order valence-corrected chi connectivity index (χ4v) is 7.38. The highest BCUT2D eigenvalue weighted by Crippen LogP contribution is 2.42. The predicted octanol–water partition coefficient (Wildman–Crippen LogP) is 5.63. The molecule has 13 heteroatoms. The summed E-state index contributed by atoms with van der Waals surface area (Å²) in [6, 6.07) is 17.6. The maximum Gasteiger partial charge on any atom is 0.254 e. The van der Waals surface area contributed by atoms with Crippen molar-refractivity contribution in [3.8, 4) is 23.3 Å². The fourth-order valence-electron chi connectivity index (χ4n) is 7.38. The Hall–Kier alpha value is -4.93. The summed E-state index contributed by atoms with van der Waals surface area (Å²) < 4.78 is 52.6. The molecule has 270 valence electrons. The van der Waals surface area contributed by atoms with E-state index in [9.17, 15) is 13.6 Å². The van der Waals surface area contributed by atoms with Gasteiger partial charge in [-0.1, -0.05) is 18.2 Å². The second kappa shape index (κ2) is 16.0. The van der Waals surface area contributed by atoms with Crippen LogP contribution < -0.4 is 19.5 Å². The zero-order valence-corrected chi connectivity index (χ0v) is 29.3. The third kappa shape index (κ3) is 7.72. The van der Waals surface area contributed by atoms with Crippen LogP contribution in [0.5, 0.6) is 17.2 Å². The molecule has 1 amide bonds. The molecule has 3 heterocycles. The minimum Gasteiger partial charge on any atom is -0.493 e. The number of fused-ring (bicyclic) bond motifs is 1. The van der Waals surface area contributed by atoms with E-state index in [1.54, 1.807) is 23.1 Å². The van der Waals surface area contributed by atoms with Crippen LogP contribution in [0.25, 0.3) is 11.0 Å². The van der Waals surface area contributed by atoms with Crippen LogP contribution in [0.1, 0.15) is 41.6 Å². The first-order valence-corrected chi connectivity index (χ1v) is 17.2. The highest BCUT2D eigenvalue weighted by Gasteiger charge is 2.42. The number of rotatable bonds is 14. The summed E-state index contributed by atoms with van der Waals surface area (Å²) in [7, 11) is 4.51. The smallest absolute Gasteiger partial charge is 0.254 e. The van der Waals surface area contributed by atoms with Gasteiger partial charge in [0.2, 0.25) is 11.7 Å². The number of anilines is 1. The number of amides is 1. The monoisotopic (exact) mass is 702 g/mol. The molecule has 1 atom stereocenters. The molecule has 0 bridgehead atoms. The van der Waals surface area contributed by atoms with Crippen LogP contribution in [0.3, 0.4) is 0 Å². The van der Waals surface area contributed by atoms with Gasteiger partial charge in [0.25, 0.3) is 5.91 Å². The molecular weight excluding hydrogens is 658 g/mol. The Morgan fingerprint density at radius 3 is 2.41 bits per heavy atom. The Bertz CT molecular complexity index is 1860.